The SMILES string of the molecule is OC1c2c(ccc3c2ccc2ccccc23)C2OC2C1O. The van der Waals surface area contributed by atoms with E-state index in [1.807, 2.05) is 24.3 Å². The number of rotatable bonds is 0. The van der Waals surface area contributed by atoms with E-state index in [1.165, 1.54) is 10.8 Å². The van der Waals surface area contributed by atoms with Crippen LogP contribution >= 0.6 is 0 Å². The lowest BCUT2D eigenvalue weighted by Crippen LogP contribution is -2.29. The van der Waals surface area contributed by atoms with E-state index in [2.05, 4.69) is 24.3 Å². The molecule has 3 aromatic rings. The zero-order valence-electron chi connectivity index (χ0n) is 11.2. The van der Waals surface area contributed by atoms with Gasteiger partial charge in [-0.15, -0.1) is 0 Å². The van der Waals surface area contributed by atoms with E-state index < -0.39 is 12.2 Å². The summed E-state index contributed by atoms with van der Waals surface area (Å²) in [6.07, 6.45) is -2.02. The number of ether oxygens (including phenoxy) is 1. The predicted molar refractivity (Wildman–Crippen MR) is 80.0 cm³/mol. The van der Waals surface area contributed by atoms with E-state index >= 15 is 0 Å². The molecule has 1 aliphatic heterocycles. The normalized spacial score (nSPS) is 30.2. The zero-order chi connectivity index (χ0) is 14.1. The average molecular weight is 278 g/mol. The monoisotopic (exact) mass is 278 g/mol. The van der Waals surface area contributed by atoms with Gasteiger partial charge in [-0.25, -0.2) is 0 Å². The lowest BCUT2D eigenvalue weighted by Gasteiger charge is -2.25. The average Bonchev–Trinajstić information content (AvgIpc) is 3.32. The first-order chi connectivity index (χ1) is 10.3. The number of aliphatic hydroxyl groups is 2. The molecule has 2 aliphatic rings. The molecule has 0 spiro atoms. The van der Waals surface area contributed by atoms with Gasteiger partial charge in [-0.05, 0) is 32.7 Å². The highest BCUT2D eigenvalue weighted by molar-refractivity contribution is 6.09. The minimum absolute atomic E-state index is 0.0609. The van der Waals surface area contributed by atoms with Crippen LogP contribution in [0.15, 0.2) is 48.5 Å². The number of benzene rings is 3. The largest absolute Gasteiger partial charge is 0.387 e. The van der Waals surface area contributed by atoms with Gasteiger partial charge in [0.1, 0.15) is 24.4 Å². The lowest BCUT2D eigenvalue weighted by atomic mass is 9.83. The van der Waals surface area contributed by atoms with Crippen LogP contribution in [0.4, 0.5) is 0 Å². The molecule has 1 heterocycles. The van der Waals surface area contributed by atoms with Gasteiger partial charge in [0.05, 0.1) is 0 Å². The molecule has 0 amide bonds. The second-order valence-electron chi connectivity index (χ2n) is 5.91. The van der Waals surface area contributed by atoms with Crippen molar-refractivity contribution in [2.75, 3.05) is 0 Å². The zero-order valence-corrected chi connectivity index (χ0v) is 11.2. The Labute approximate surface area is 121 Å². The van der Waals surface area contributed by atoms with Gasteiger partial charge < -0.3 is 14.9 Å². The lowest BCUT2D eigenvalue weighted by molar-refractivity contribution is 0.000831. The molecule has 5 rings (SSSR count). The summed E-state index contributed by atoms with van der Waals surface area (Å²) in [5.41, 5.74) is 1.84. The minimum atomic E-state index is -0.881. The van der Waals surface area contributed by atoms with E-state index in [1.54, 1.807) is 0 Å². The Balaban J connectivity index is 1.90. The quantitative estimate of drug-likeness (QED) is 0.491. The van der Waals surface area contributed by atoms with Crippen molar-refractivity contribution in [1.82, 2.24) is 0 Å². The number of epoxide rings is 1. The van der Waals surface area contributed by atoms with E-state index in [9.17, 15) is 10.2 Å². The molecule has 1 fully saturated rings. The van der Waals surface area contributed by atoms with Gasteiger partial charge in [-0.1, -0.05) is 48.5 Å². The number of aliphatic hydroxyl groups excluding tert-OH is 2. The molecule has 21 heavy (non-hydrogen) atoms. The summed E-state index contributed by atoms with van der Waals surface area (Å²) in [5, 5.41) is 25.1. The molecule has 4 unspecified atom stereocenters. The fraction of sp³-hybridized carbons (Fsp3) is 0.222. The summed E-state index contributed by atoms with van der Waals surface area (Å²) in [4.78, 5) is 0. The van der Waals surface area contributed by atoms with Crippen LogP contribution in [0, 0.1) is 0 Å². The summed E-state index contributed by atoms with van der Waals surface area (Å²) in [6, 6.07) is 16.4. The Hall–Kier alpha value is -1.94. The van der Waals surface area contributed by atoms with Crippen LogP contribution in [0.3, 0.4) is 0 Å². The van der Waals surface area contributed by atoms with Crippen molar-refractivity contribution in [2.24, 2.45) is 0 Å². The van der Waals surface area contributed by atoms with Crippen molar-refractivity contribution in [3.63, 3.8) is 0 Å². The van der Waals surface area contributed by atoms with Crippen molar-refractivity contribution in [1.29, 1.82) is 0 Å². The minimum Gasteiger partial charge on any atom is -0.387 e. The number of fused-ring (bicyclic) bond motifs is 7. The first kappa shape index (κ1) is 11.7. The highest BCUT2D eigenvalue weighted by Gasteiger charge is 2.54. The van der Waals surface area contributed by atoms with Gasteiger partial charge in [-0.2, -0.15) is 0 Å². The van der Waals surface area contributed by atoms with Crippen LogP contribution < -0.4 is 0 Å². The first-order valence-electron chi connectivity index (χ1n) is 7.21. The van der Waals surface area contributed by atoms with E-state index in [0.29, 0.717) is 0 Å². The van der Waals surface area contributed by atoms with Gasteiger partial charge in [0.2, 0.25) is 0 Å². The topological polar surface area (TPSA) is 53.0 Å². The summed E-state index contributed by atoms with van der Waals surface area (Å²) >= 11 is 0. The van der Waals surface area contributed by atoms with Gasteiger partial charge in [0.25, 0.3) is 0 Å². The molecular weight excluding hydrogens is 264 g/mol. The summed E-state index contributed by atoms with van der Waals surface area (Å²) in [7, 11) is 0. The van der Waals surface area contributed by atoms with Gasteiger partial charge in [0.15, 0.2) is 0 Å². The fourth-order valence-corrected chi connectivity index (χ4v) is 3.69. The smallest absolute Gasteiger partial charge is 0.118 e. The summed E-state index contributed by atoms with van der Waals surface area (Å²) in [6.45, 7) is 0. The Bertz CT molecular complexity index is 886. The van der Waals surface area contributed by atoms with Crippen LogP contribution in [0.2, 0.25) is 0 Å². The fourth-order valence-electron chi connectivity index (χ4n) is 3.69. The Morgan fingerprint density at radius 1 is 0.810 bits per heavy atom. The Kier molecular flexibility index (Phi) is 2.13. The highest BCUT2D eigenvalue weighted by Crippen LogP contribution is 2.52. The van der Waals surface area contributed by atoms with Crippen LogP contribution in [0.5, 0.6) is 0 Å². The van der Waals surface area contributed by atoms with Crippen LogP contribution in [0.25, 0.3) is 21.5 Å². The molecule has 0 bridgehead atoms. The van der Waals surface area contributed by atoms with Gasteiger partial charge in [-0.3, -0.25) is 0 Å². The Morgan fingerprint density at radius 2 is 1.62 bits per heavy atom. The molecule has 4 atom stereocenters. The van der Waals surface area contributed by atoms with Crippen molar-refractivity contribution in [3.8, 4) is 0 Å². The third-order valence-electron chi connectivity index (χ3n) is 4.79. The predicted octanol–water partition coefficient (Wildman–Crippen LogP) is 2.84. The molecule has 0 radical (unpaired) electrons. The Morgan fingerprint density at radius 3 is 2.52 bits per heavy atom. The molecule has 0 saturated carbocycles. The van der Waals surface area contributed by atoms with Crippen molar-refractivity contribution in [2.45, 2.75) is 24.4 Å². The summed E-state index contributed by atoms with van der Waals surface area (Å²) < 4.78 is 5.51. The third-order valence-corrected chi connectivity index (χ3v) is 4.79. The van der Waals surface area contributed by atoms with E-state index in [0.717, 1.165) is 21.9 Å². The maximum atomic E-state index is 10.5. The van der Waals surface area contributed by atoms with Crippen molar-refractivity contribution < 1.29 is 14.9 Å². The van der Waals surface area contributed by atoms with Crippen molar-refractivity contribution in [3.05, 3.63) is 59.7 Å². The van der Waals surface area contributed by atoms with Crippen LogP contribution in [0.1, 0.15) is 23.3 Å². The molecule has 0 aromatic heterocycles. The molecule has 3 nitrogen and oxygen atoms in total. The maximum Gasteiger partial charge on any atom is 0.118 e. The molecule has 3 aromatic carbocycles. The van der Waals surface area contributed by atoms with E-state index in [-0.39, 0.29) is 12.2 Å². The number of hydrogen-bond donors (Lipinski definition) is 2. The maximum absolute atomic E-state index is 10.5. The van der Waals surface area contributed by atoms with Gasteiger partial charge >= 0.3 is 0 Å². The van der Waals surface area contributed by atoms with E-state index in [4.69, 9.17) is 4.74 Å². The number of hydrogen-bond acceptors (Lipinski definition) is 3. The van der Waals surface area contributed by atoms with Gasteiger partial charge in [0, 0.05) is 0 Å². The van der Waals surface area contributed by atoms with Crippen LogP contribution in [-0.2, 0) is 4.74 Å². The molecule has 104 valence electrons. The third kappa shape index (κ3) is 1.43. The molecule has 1 saturated heterocycles. The molecule has 2 N–H and O–H groups in total. The molecular formula is C18H14O3. The second-order valence-corrected chi connectivity index (χ2v) is 5.91. The van der Waals surface area contributed by atoms with Crippen LogP contribution in [-0.4, -0.2) is 22.4 Å². The highest BCUT2D eigenvalue weighted by atomic mass is 16.6. The van der Waals surface area contributed by atoms with Crippen molar-refractivity contribution >= 4 is 21.5 Å². The second kappa shape index (κ2) is 3.83. The molecule has 1 aliphatic carbocycles. The first-order valence-corrected chi connectivity index (χ1v) is 7.21. The molecule has 3 heteroatoms. The standard InChI is InChI=1S/C18H14O3/c19-15-14-12-6-5-9-3-1-2-4-10(9)11(12)7-8-13(14)17-18(21-17)16(15)20/h1-8,15-20H. The summed E-state index contributed by atoms with van der Waals surface area (Å²) in [5.74, 6) is 0.